The Balaban J connectivity index is 3.11. The number of benzene rings is 1. The summed E-state index contributed by atoms with van der Waals surface area (Å²) in [5.74, 6) is -1.36. The van der Waals surface area contributed by atoms with Gasteiger partial charge in [0, 0.05) is 12.1 Å². The number of rotatable bonds is 7. The van der Waals surface area contributed by atoms with Crippen LogP contribution in [0.1, 0.15) is 13.8 Å². The van der Waals surface area contributed by atoms with Crippen LogP contribution in [0.15, 0.2) is 23.1 Å². The smallest absolute Gasteiger partial charge is 0.307 e. The van der Waals surface area contributed by atoms with Crippen molar-refractivity contribution in [2.45, 2.75) is 24.8 Å². The SMILES string of the molecule is COc1ccc(S(=O)(=O)NC(C)C(C)C(=O)O)c(OC)c1. The number of aliphatic carboxylic acids is 1. The number of nitrogens with one attached hydrogen (secondary N) is 1. The van der Waals surface area contributed by atoms with E-state index in [1.165, 1.54) is 46.3 Å². The Hall–Kier alpha value is -1.80. The van der Waals surface area contributed by atoms with Gasteiger partial charge in [-0.15, -0.1) is 0 Å². The molecule has 0 saturated carbocycles. The fraction of sp³-hybridized carbons (Fsp3) is 0.462. The van der Waals surface area contributed by atoms with E-state index in [2.05, 4.69) is 4.72 Å². The van der Waals surface area contributed by atoms with Gasteiger partial charge >= 0.3 is 5.97 Å². The minimum Gasteiger partial charge on any atom is -0.497 e. The van der Waals surface area contributed by atoms with Gasteiger partial charge in [0.25, 0.3) is 0 Å². The van der Waals surface area contributed by atoms with Crippen LogP contribution in [-0.2, 0) is 14.8 Å². The lowest BCUT2D eigenvalue weighted by Gasteiger charge is -2.19. The van der Waals surface area contributed by atoms with Crippen LogP contribution in [0.4, 0.5) is 0 Å². The molecule has 0 aliphatic rings. The zero-order valence-electron chi connectivity index (χ0n) is 12.3. The molecule has 0 aliphatic heterocycles. The second-order valence-electron chi connectivity index (χ2n) is 4.55. The number of hydrogen-bond acceptors (Lipinski definition) is 5. The minimum absolute atomic E-state index is 0.0739. The summed E-state index contributed by atoms with van der Waals surface area (Å²) in [7, 11) is -1.10. The largest absolute Gasteiger partial charge is 0.497 e. The van der Waals surface area contributed by atoms with Gasteiger partial charge in [0.2, 0.25) is 10.0 Å². The molecule has 0 heterocycles. The molecule has 1 rings (SSSR count). The van der Waals surface area contributed by atoms with E-state index in [0.29, 0.717) is 5.75 Å². The van der Waals surface area contributed by atoms with Crippen LogP contribution >= 0.6 is 0 Å². The van der Waals surface area contributed by atoms with Crippen LogP contribution in [0, 0.1) is 5.92 Å². The van der Waals surface area contributed by atoms with Gasteiger partial charge < -0.3 is 14.6 Å². The molecule has 1 aromatic rings. The average molecular weight is 317 g/mol. The maximum Gasteiger partial charge on any atom is 0.307 e. The molecular weight excluding hydrogens is 298 g/mol. The van der Waals surface area contributed by atoms with E-state index in [-0.39, 0.29) is 10.6 Å². The topological polar surface area (TPSA) is 102 Å². The van der Waals surface area contributed by atoms with Crippen molar-refractivity contribution in [3.8, 4) is 11.5 Å². The van der Waals surface area contributed by atoms with Crippen LogP contribution < -0.4 is 14.2 Å². The molecule has 8 heteroatoms. The number of carbonyl (C=O) groups is 1. The Bertz CT molecular complexity index is 613. The maximum atomic E-state index is 12.3. The molecule has 0 bridgehead atoms. The van der Waals surface area contributed by atoms with E-state index in [9.17, 15) is 13.2 Å². The summed E-state index contributed by atoms with van der Waals surface area (Å²) in [6.07, 6.45) is 0. The van der Waals surface area contributed by atoms with Crippen LogP contribution in [-0.4, -0.2) is 39.8 Å². The number of methoxy groups -OCH3 is 2. The van der Waals surface area contributed by atoms with Gasteiger partial charge in [-0.05, 0) is 19.1 Å². The fourth-order valence-corrected chi connectivity index (χ4v) is 3.10. The fourth-order valence-electron chi connectivity index (χ4n) is 1.62. The van der Waals surface area contributed by atoms with Crippen molar-refractivity contribution in [2.75, 3.05) is 14.2 Å². The predicted octanol–water partition coefficient (Wildman–Crippen LogP) is 1.09. The van der Waals surface area contributed by atoms with Gasteiger partial charge in [0.05, 0.1) is 20.1 Å². The molecule has 0 saturated heterocycles. The first kappa shape index (κ1) is 17.3. The number of sulfonamides is 1. The summed E-state index contributed by atoms with van der Waals surface area (Å²) in [6.45, 7) is 2.92. The van der Waals surface area contributed by atoms with Crippen LogP contribution in [0.25, 0.3) is 0 Å². The molecular formula is C13H19NO6S. The summed E-state index contributed by atoms with van der Waals surface area (Å²) < 4.78 is 37.0. The molecule has 1 aromatic carbocycles. The number of carboxylic acid groups (broad SMARTS) is 1. The average Bonchev–Trinajstić information content (AvgIpc) is 2.44. The van der Waals surface area contributed by atoms with Crippen LogP contribution in [0.2, 0.25) is 0 Å². The number of hydrogen-bond donors (Lipinski definition) is 2. The molecule has 0 spiro atoms. The second kappa shape index (κ2) is 6.77. The highest BCUT2D eigenvalue weighted by atomic mass is 32.2. The van der Waals surface area contributed by atoms with Gasteiger partial charge in [-0.25, -0.2) is 13.1 Å². The Kier molecular flexibility index (Phi) is 5.56. The molecule has 0 fully saturated rings. The molecule has 0 radical (unpaired) electrons. The highest BCUT2D eigenvalue weighted by Crippen LogP contribution is 2.28. The quantitative estimate of drug-likeness (QED) is 0.780. The summed E-state index contributed by atoms with van der Waals surface area (Å²) in [5, 5.41) is 8.91. The molecule has 2 N–H and O–H groups in total. The van der Waals surface area contributed by atoms with E-state index in [4.69, 9.17) is 14.6 Å². The van der Waals surface area contributed by atoms with Crippen LogP contribution in [0.3, 0.4) is 0 Å². The number of ether oxygens (including phenoxy) is 2. The Morgan fingerprint density at radius 3 is 2.33 bits per heavy atom. The lowest BCUT2D eigenvalue weighted by molar-refractivity contribution is -0.141. The minimum atomic E-state index is -3.90. The third-order valence-electron chi connectivity index (χ3n) is 3.14. The zero-order valence-corrected chi connectivity index (χ0v) is 13.1. The monoisotopic (exact) mass is 317 g/mol. The Morgan fingerprint density at radius 1 is 1.24 bits per heavy atom. The van der Waals surface area contributed by atoms with E-state index in [1.54, 1.807) is 0 Å². The molecule has 2 unspecified atom stereocenters. The first-order valence-corrected chi connectivity index (χ1v) is 7.68. The van der Waals surface area contributed by atoms with E-state index in [1.807, 2.05) is 0 Å². The molecule has 7 nitrogen and oxygen atoms in total. The van der Waals surface area contributed by atoms with Crippen molar-refractivity contribution in [2.24, 2.45) is 5.92 Å². The van der Waals surface area contributed by atoms with Gasteiger partial charge in [-0.1, -0.05) is 6.92 Å². The molecule has 118 valence electrons. The maximum absolute atomic E-state index is 12.3. The predicted molar refractivity (Wildman–Crippen MR) is 76.1 cm³/mol. The highest BCUT2D eigenvalue weighted by molar-refractivity contribution is 7.89. The van der Waals surface area contributed by atoms with Crippen molar-refractivity contribution >= 4 is 16.0 Å². The van der Waals surface area contributed by atoms with E-state index < -0.39 is 28.0 Å². The summed E-state index contributed by atoms with van der Waals surface area (Å²) in [6, 6.07) is 3.51. The zero-order chi connectivity index (χ0) is 16.2. The molecule has 0 aromatic heterocycles. The summed E-state index contributed by atoms with van der Waals surface area (Å²) in [5.41, 5.74) is 0. The van der Waals surface area contributed by atoms with Crippen molar-refractivity contribution in [1.29, 1.82) is 0 Å². The summed E-state index contributed by atoms with van der Waals surface area (Å²) in [4.78, 5) is 10.8. The second-order valence-corrected chi connectivity index (χ2v) is 6.24. The van der Waals surface area contributed by atoms with Gasteiger partial charge in [-0.2, -0.15) is 0 Å². The molecule has 2 atom stereocenters. The Labute approximate surface area is 123 Å². The van der Waals surface area contributed by atoms with Crippen LogP contribution in [0.5, 0.6) is 11.5 Å². The third kappa shape index (κ3) is 4.08. The summed E-state index contributed by atoms with van der Waals surface area (Å²) >= 11 is 0. The molecule has 21 heavy (non-hydrogen) atoms. The van der Waals surface area contributed by atoms with Gasteiger partial charge in [-0.3, -0.25) is 4.79 Å². The highest BCUT2D eigenvalue weighted by Gasteiger charge is 2.27. The first-order chi connectivity index (χ1) is 9.72. The van der Waals surface area contributed by atoms with Gasteiger partial charge in [0.15, 0.2) is 0 Å². The first-order valence-electron chi connectivity index (χ1n) is 6.20. The van der Waals surface area contributed by atoms with Crippen molar-refractivity contribution in [3.63, 3.8) is 0 Å². The Morgan fingerprint density at radius 2 is 1.86 bits per heavy atom. The van der Waals surface area contributed by atoms with Crippen molar-refractivity contribution in [3.05, 3.63) is 18.2 Å². The molecule has 0 aliphatic carbocycles. The third-order valence-corrected chi connectivity index (χ3v) is 4.74. The van der Waals surface area contributed by atoms with Crippen molar-refractivity contribution in [1.82, 2.24) is 4.72 Å². The van der Waals surface area contributed by atoms with Crippen molar-refractivity contribution < 1.29 is 27.8 Å². The normalized spacial score (nSPS) is 14.3. The van der Waals surface area contributed by atoms with E-state index >= 15 is 0 Å². The number of carboxylic acids is 1. The standard InChI is InChI=1S/C13H19NO6S/c1-8(13(15)16)9(2)14-21(17,18)12-6-5-10(19-3)7-11(12)20-4/h5-9,14H,1-4H3,(H,15,16). The van der Waals surface area contributed by atoms with Gasteiger partial charge in [0.1, 0.15) is 16.4 Å². The van der Waals surface area contributed by atoms with E-state index in [0.717, 1.165) is 0 Å². The lowest BCUT2D eigenvalue weighted by Crippen LogP contribution is -2.40. The lowest BCUT2D eigenvalue weighted by atomic mass is 10.1. The molecule has 0 amide bonds.